The first kappa shape index (κ1) is 17.4. The number of hydrogen-bond donors (Lipinski definition) is 2. The number of pyridine rings is 1. The average Bonchev–Trinajstić information content (AvgIpc) is 3.14. The summed E-state index contributed by atoms with van der Waals surface area (Å²) in [6, 6.07) is 15.4. The van der Waals surface area contributed by atoms with E-state index in [1.165, 1.54) is 0 Å². The molecule has 4 aromatic rings. The van der Waals surface area contributed by atoms with Crippen LogP contribution in [0.5, 0.6) is 0 Å². The number of nitrogens with zero attached hydrogens (tertiary/aromatic N) is 3. The van der Waals surface area contributed by atoms with Crippen molar-refractivity contribution in [3.8, 4) is 0 Å². The lowest BCUT2D eigenvalue weighted by atomic mass is 9.49. The van der Waals surface area contributed by atoms with E-state index < -0.39 is 0 Å². The molecule has 2 N–H and O–H groups in total. The second-order valence-corrected chi connectivity index (χ2v) is 8.77. The Bertz CT molecular complexity index is 1310. The van der Waals surface area contributed by atoms with Gasteiger partial charge in [0.2, 0.25) is 0 Å². The Labute approximate surface area is 172 Å². The van der Waals surface area contributed by atoms with E-state index in [-0.39, 0.29) is 17.5 Å². The molecule has 0 aliphatic heterocycles. The van der Waals surface area contributed by atoms with Gasteiger partial charge in [-0.3, -0.25) is 9.59 Å². The molecule has 0 bridgehead atoms. The van der Waals surface area contributed by atoms with Crippen LogP contribution in [0.2, 0.25) is 0 Å². The molecule has 150 valence electrons. The van der Waals surface area contributed by atoms with Crippen molar-refractivity contribution in [3.05, 3.63) is 76.5 Å². The summed E-state index contributed by atoms with van der Waals surface area (Å²) < 4.78 is 1.72. The molecular formula is C23H21N5O2. The fourth-order valence-electron chi connectivity index (χ4n) is 5.36. The smallest absolute Gasteiger partial charge is 0.272 e. The van der Waals surface area contributed by atoms with Crippen molar-refractivity contribution in [2.75, 3.05) is 0 Å². The first-order valence-corrected chi connectivity index (χ1v) is 10.3. The predicted octanol–water partition coefficient (Wildman–Crippen LogP) is 3.03. The second-order valence-electron chi connectivity index (χ2n) is 8.77. The van der Waals surface area contributed by atoms with Crippen LogP contribution in [0.15, 0.2) is 59.5 Å². The Morgan fingerprint density at radius 1 is 1.07 bits per heavy atom. The van der Waals surface area contributed by atoms with E-state index in [0.717, 1.165) is 42.3 Å². The number of carbonyl (C=O) groups is 1. The molecule has 6 rings (SSSR count). The Kier molecular flexibility index (Phi) is 3.63. The molecular weight excluding hydrogens is 378 g/mol. The summed E-state index contributed by atoms with van der Waals surface area (Å²) in [5.74, 6) is 0.254. The van der Waals surface area contributed by atoms with E-state index in [0.29, 0.717) is 22.4 Å². The third kappa shape index (κ3) is 2.65. The molecule has 0 unspecified atom stereocenters. The highest BCUT2D eigenvalue weighted by Gasteiger charge is 2.54. The van der Waals surface area contributed by atoms with Crippen molar-refractivity contribution < 1.29 is 4.79 Å². The van der Waals surface area contributed by atoms with Gasteiger partial charge in [-0.2, -0.15) is 10.2 Å². The van der Waals surface area contributed by atoms with Gasteiger partial charge in [0.25, 0.3) is 11.5 Å². The van der Waals surface area contributed by atoms with Crippen molar-refractivity contribution in [2.24, 2.45) is 5.41 Å². The molecule has 7 heteroatoms. The second kappa shape index (κ2) is 6.26. The van der Waals surface area contributed by atoms with Crippen molar-refractivity contribution in [1.29, 1.82) is 0 Å². The molecule has 3 aromatic heterocycles. The normalized spacial score (nSPS) is 25.2. The molecule has 2 fully saturated rings. The van der Waals surface area contributed by atoms with Gasteiger partial charge in [0, 0.05) is 23.5 Å². The van der Waals surface area contributed by atoms with E-state index >= 15 is 0 Å². The molecule has 30 heavy (non-hydrogen) atoms. The maximum absolute atomic E-state index is 12.6. The highest BCUT2D eigenvalue weighted by Crippen LogP contribution is 2.62. The van der Waals surface area contributed by atoms with Crippen LogP contribution in [0, 0.1) is 5.41 Å². The molecule has 1 amide bonds. The number of amides is 1. The van der Waals surface area contributed by atoms with Crippen LogP contribution in [0.4, 0.5) is 0 Å². The van der Waals surface area contributed by atoms with Gasteiger partial charge in [0.15, 0.2) is 5.69 Å². The molecule has 2 saturated carbocycles. The van der Waals surface area contributed by atoms with Crippen molar-refractivity contribution >= 4 is 22.2 Å². The van der Waals surface area contributed by atoms with Gasteiger partial charge in [-0.15, -0.1) is 0 Å². The zero-order valence-corrected chi connectivity index (χ0v) is 16.3. The van der Waals surface area contributed by atoms with Crippen molar-refractivity contribution in [3.63, 3.8) is 0 Å². The van der Waals surface area contributed by atoms with Crippen molar-refractivity contribution in [2.45, 2.75) is 37.6 Å². The summed E-state index contributed by atoms with van der Waals surface area (Å²) in [7, 11) is 0. The number of fused-ring (bicyclic) bond motifs is 2. The first-order valence-electron chi connectivity index (χ1n) is 10.3. The van der Waals surface area contributed by atoms with Gasteiger partial charge in [-0.25, -0.2) is 9.61 Å². The molecule has 1 aromatic carbocycles. The molecule has 3 heterocycles. The van der Waals surface area contributed by atoms with Gasteiger partial charge >= 0.3 is 0 Å². The maximum Gasteiger partial charge on any atom is 0.272 e. The van der Waals surface area contributed by atoms with Crippen LogP contribution in [0.25, 0.3) is 16.3 Å². The van der Waals surface area contributed by atoms with E-state index in [2.05, 4.69) is 20.6 Å². The topological polar surface area (TPSA) is 92.1 Å². The Morgan fingerprint density at radius 3 is 2.63 bits per heavy atom. The maximum atomic E-state index is 12.6. The summed E-state index contributed by atoms with van der Waals surface area (Å²) in [6.45, 7) is 0. The zero-order chi connectivity index (χ0) is 20.3. The summed E-state index contributed by atoms with van der Waals surface area (Å²) in [5, 5.41) is 16.1. The number of aromatic nitrogens is 4. The summed E-state index contributed by atoms with van der Waals surface area (Å²) in [4.78, 5) is 24.6. The standard InChI is InChI=1S/C23H21N5O2/c29-21-18-7-2-1-6-17(18)20(25-26-21)14-10-23(11-14)12-15(13-23)24-22(30)19-9-16-5-3-4-8-28(16)27-19/h1-9,14-15H,10-13H2,(H,24,30)(H,26,29). The number of rotatable bonds is 3. The SMILES string of the molecule is O=C(NC1CC2(C1)CC(c1n[nH]c(=O)c3ccccc13)C2)c1cc2ccccn2n1. The minimum Gasteiger partial charge on any atom is -0.348 e. The van der Waals surface area contributed by atoms with E-state index in [4.69, 9.17) is 0 Å². The van der Waals surface area contributed by atoms with E-state index in [1.807, 2.05) is 54.7 Å². The summed E-state index contributed by atoms with van der Waals surface area (Å²) in [5.41, 5.74) is 2.52. The number of aromatic amines is 1. The van der Waals surface area contributed by atoms with Gasteiger partial charge < -0.3 is 5.32 Å². The monoisotopic (exact) mass is 399 g/mol. The van der Waals surface area contributed by atoms with Gasteiger partial charge in [-0.1, -0.05) is 24.3 Å². The van der Waals surface area contributed by atoms with Crippen LogP contribution in [0.3, 0.4) is 0 Å². The minimum atomic E-state index is -0.137. The third-order valence-electron chi connectivity index (χ3n) is 6.77. The summed E-state index contributed by atoms with van der Waals surface area (Å²) >= 11 is 0. The van der Waals surface area contributed by atoms with Gasteiger partial charge in [-0.05, 0) is 55.4 Å². The van der Waals surface area contributed by atoms with Crippen LogP contribution < -0.4 is 10.9 Å². The van der Waals surface area contributed by atoms with Crippen molar-refractivity contribution in [1.82, 2.24) is 25.1 Å². The lowest BCUT2D eigenvalue weighted by molar-refractivity contribution is -0.0197. The van der Waals surface area contributed by atoms with E-state index in [1.54, 1.807) is 4.52 Å². The Hall–Kier alpha value is -3.48. The largest absolute Gasteiger partial charge is 0.348 e. The minimum absolute atomic E-state index is 0.109. The van der Waals surface area contributed by atoms with Gasteiger partial charge in [0.05, 0.1) is 16.6 Å². The van der Waals surface area contributed by atoms with Crippen LogP contribution in [-0.2, 0) is 0 Å². The third-order valence-corrected chi connectivity index (χ3v) is 6.77. The molecule has 2 aliphatic rings. The summed E-state index contributed by atoms with van der Waals surface area (Å²) in [6.07, 6.45) is 5.93. The number of nitrogens with one attached hydrogen (secondary N) is 2. The highest BCUT2D eigenvalue weighted by atomic mass is 16.2. The molecule has 2 aliphatic carbocycles. The molecule has 0 saturated heterocycles. The van der Waals surface area contributed by atoms with Crippen LogP contribution in [0.1, 0.15) is 47.8 Å². The number of benzene rings is 1. The van der Waals surface area contributed by atoms with E-state index in [9.17, 15) is 9.59 Å². The predicted molar refractivity (Wildman–Crippen MR) is 112 cm³/mol. The molecule has 1 spiro atoms. The Balaban J connectivity index is 1.11. The molecule has 0 radical (unpaired) electrons. The lowest BCUT2D eigenvalue weighted by Gasteiger charge is -2.57. The number of hydrogen-bond acceptors (Lipinski definition) is 4. The number of H-pyrrole nitrogens is 1. The lowest BCUT2D eigenvalue weighted by Crippen LogP contribution is -2.55. The number of carbonyl (C=O) groups excluding carboxylic acids is 1. The fraction of sp³-hybridized carbons (Fsp3) is 0.304. The quantitative estimate of drug-likeness (QED) is 0.554. The highest BCUT2D eigenvalue weighted by molar-refractivity contribution is 5.93. The molecule has 0 atom stereocenters. The fourth-order valence-corrected chi connectivity index (χ4v) is 5.36. The Morgan fingerprint density at radius 2 is 1.83 bits per heavy atom. The van der Waals surface area contributed by atoms with Gasteiger partial charge in [0.1, 0.15) is 0 Å². The van der Waals surface area contributed by atoms with Crippen LogP contribution in [-0.4, -0.2) is 31.8 Å². The van der Waals surface area contributed by atoms with Crippen LogP contribution >= 0.6 is 0 Å². The zero-order valence-electron chi connectivity index (χ0n) is 16.3. The average molecular weight is 399 g/mol. The first-order chi connectivity index (χ1) is 14.6. The molecule has 7 nitrogen and oxygen atoms in total.